The molecular formula is C15H21N7O3S. The highest BCUT2D eigenvalue weighted by Gasteiger charge is 2.28. The van der Waals surface area contributed by atoms with Crippen LogP contribution in [0.2, 0.25) is 0 Å². The summed E-state index contributed by atoms with van der Waals surface area (Å²) in [6.07, 6.45) is 1.96. The number of carbonyl (C=O) groups excluding carboxylic acids is 2. The maximum Gasteiger partial charge on any atom is 0.343 e. The van der Waals surface area contributed by atoms with Gasteiger partial charge < -0.3 is 10.2 Å². The molecule has 1 unspecified atom stereocenters. The zero-order valence-electron chi connectivity index (χ0n) is 14.5. The van der Waals surface area contributed by atoms with E-state index >= 15 is 0 Å². The summed E-state index contributed by atoms with van der Waals surface area (Å²) in [7, 11) is 0. The molecule has 2 aromatic heterocycles. The Morgan fingerprint density at radius 2 is 2.27 bits per heavy atom. The minimum Gasteiger partial charge on any atom is -0.342 e. The fourth-order valence-corrected chi connectivity index (χ4v) is 3.61. The quantitative estimate of drug-likeness (QED) is 0.756. The number of rotatable bonds is 6. The van der Waals surface area contributed by atoms with E-state index < -0.39 is 0 Å². The second-order valence-corrected chi connectivity index (χ2v) is 6.94. The van der Waals surface area contributed by atoms with Crippen molar-refractivity contribution in [3.8, 4) is 0 Å². The second-order valence-electron chi connectivity index (χ2n) is 6.10. The number of carbonyl (C=O) groups is 2. The van der Waals surface area contributed by atoms with E-state index in [1.165, 1.54) is 16.8 Å². The molecule has 3 rings (SSSR count). The average Bonchev–Trinajstić information content (AvgIpc) is 3.29. The second kappa shape index (κ2) is 8.21. The minimum atomic E-state index is -0.254. The third-order valence-electron chi connectivity index (χ3n) is 4.42. The number of anilines is 1. The van der Waals surface area contributed by atoms with Crippen molar-refractivity contribution in [2.45, 2.75) is 45.1 Å². The van der Waals surface area contributed by atoms with E-state index in [-0.39, 0.29) is 36.3 Å². The molecule has 26 heavy (non-hydrogen) atoms. The van der Waals surface area contributed by atoms with Gasteiger partial charge in [-0.15, -0.1) is 10.2 Å². The monoisotopic (exact) mass is 379 g/mol. The maximum absolute atomic E-state index is 12.5. The van der Waals surface area contributed by atoms with Crippen LogP contribution >= 0.6 is 11.3 Å². The molecule has 3 heterocycles. The smallest absolute Gasteiger partial charge is 0.342 e. The standard InChI is InChI=1S/C15H21N7O3S/c1-2-22-13(18-20-15(22)25)10-4-3-7-21(8-10)12(24)6-5-11(23)17-14-19-16-9-26-14/h9-10H,2-8H2,1H3,(H,20,25)(H,17,19,23). The topological polar surface area (TPSA) is 126 Å². The summed E-state index contributed by atoms with van der Waals surface area (Å²) < 4.78 is 1.61. The van der Waals surface area contributed by atoms with Gasteiger partial charge >= 0.3 is 5.69 Å². The van der Waals surface area contributed by atoms with Gasteiger partial charge in [-0.05, 0) is 19.8 Å². The molecule has 0 aromatic carbocycles. The Morgan fingerprint density at radius 3 is 3.00 bits per heavy atom. The third-order valence-corrected chi connectivity index (χ3v) is 5.02. The normalized spacial score (nSPS) is 17.3. The van der Waals surface area contributed by atoms with Crippen LogP contribution in [-0.2, 0) is 16.1 Å². The van der Waals surface area contributed by atoms with E-state index in [1.54, 1.807) is 9.47 Å². The van der Waals surface area contributed by atoms with Gasteiger partial charge in [0.2, 0.25) is 16.9 Å². The van der Waals surface area contributed by atoms with Gasteiger partial charge in [0.1, 0.15) is 11.3 Å². The van der Waals surface area contributed by atoms with E-state index in [0.717, 1.165) is 12.8 Å². The van der Waals surface area contributed by atoms with Gasteiger partial charge in [0.15, 0.2) is 0 Å². The number of likely N-dealkylation sites (tertiary alicyclic amines) is 1. The lowest BCUT2D eigenvalue weighted by molar-refractivity contribution is -0.134. The van der Waals surface area contributed by atoms with E-state index in [1.807, 2.05) is 6.92 Å². The Bertz CT molecular complexity index is 814. The maximum atomic E-state index is 12.5. The van der Waals surface area contributed by atoms with Gasteiger partial charge in [0.25, 0.3) is 0 Å². The highest BCUT2D eigenvalue weighted by Crippen LogP contribution is 2.25. The van der Waals surface area contributed by atoms with Crippen LogP contribution in [0.5, 0.6) is 0 Å². The molecule has 1 aliphatic rings. The molecule has 1 atom stereocenters. The van der Waals surface area contributed by atoms with Crippen molar-refractivity contribution in [2.24, 2.45) is 0 Å². The van der Waals surface area contributed by atoms with E-state index in [9.17, 15) is 14.4 Å². The fourth-order valence-electron chi connectivity index (χ4n) is 3.15. The van der Waals surface area contributed by atoms with Crippen molar-refractivity contribution in [3.63, 3.8) is 0 Å². The Hall–Kier alpha value is -2.56. The molecule has 2 N–H and O–H groups in total. The predicted molar refractivity (Wildman–Crippen MR) is 94.8 cm³/mol. The van der Waals surface area contributed by atoms with Crippen LogP contribution in [0.1, 0.15) is 44.3 Å². The Kier molecular flexibility index (Phi) is 5.76. The van der Waals surface area contributed by atoms with E-state index in [2.05, 4.69) is 25.7 Å². The van der Waals surface area contributed by atoms with Gasteiger partial charge in [0, 0.05) is 38.4 Å². The number of hydrogen-bond donors (Lipinski definition) is 2. The predicted octanol–water partition coefficient (Wildman–Crippen LogP) is 0.568. The first-order valence-electron chi connectivity index (χ1n) is 8.57. The third kappa shape index (κ3) is 4.15. The molecular weight excluding hydrogens is 358 g/mol. The van der Waals surface area contributed by atoms with Crippen LogP contribution in [0, 0.1) is 0 Å². The summed E-state index contributed by atoms with van der Waals surface area (Å²) in [4.78, 5) is 37.8. The SMILES string of the molecule is CCn1c(C2CCCN(C(=O)CCC(=O)Nc3nncs3)C2)n[nH]c1=O. The summed E-state index contributed by atoms with van der Waals surface area (Å²) in [5, 5.41) is 17.0. The van der Waals surface area contributed by atoms with Crippen molar-refractivity contribution in [1.29, 1.82) is 0 Å². The number of nitrogens with one attached hydrogen (secondary N) is 2. The first-order valence-corrected chi connectivity index (χ1v) is 9.45. The number of H-pyrrole nitrogens is 1. The van der Waals surface area contributed by atoms with Crippen molar-refractivity contribution < 1.29 is 9.59 Å². The molecule has 0 radical (unpaired) electrons. The highest BCUT2D eigenvalue weighted by molar-refractivity contribution is 7.13. The summed E-state index contributed by atoms with van der Waals surface area (Å²) in [5.74, 6) is 0.407. The summed E-state index contributed by atoms with van der Waals surface area (Å²) >= 11 is 1.23. The summed E-state index contributed by atoms with van der Waals surface area (Å²) in [6.45, 7) is 3.61. The number of hydrogen-bond acceptors (Lipinski definition) is 7. The number of piperidine rings is 1. The summed E-state index contributed by atoms with van der Waals surface area (Å²) in [5.41, 5.74) is 1.30. The lowest BCUT2D eigenvalue weighted by Gasteiger charge is -2.32. The molecule has 1 aliphatic heterocycles. The van der Waals surface area contributed by atoms with Gasteiger partial charge in [-0.1, -0.05) is 11.3 Å². The molecule has 0 saturated carbocycles. The fraction of sp³-hybridized carbons (Fsp3) is 0.600. The Morgan fingerprint density at radius 1 is 1.42 bits per heavy atom. The number of aromatic nitrogens is 5. The average molecular weight is 379 g/mol. The van der Waals surface area contributed by atoms with Gasteiger partial charge in [-0.2, -0.15) is 5.10 Å². The van der Waals surface area contributed by atoms with Crippen LogP contribution in [0.25, 0.3) is 0 Å². The van der Waals surface area contributed by atoms with Crippen LogP contribution in [-0.4, -0.2) is 54.8 Å². The molecule has 0 bridgehead atoms. The van der Waals surface area contributed by atoms with Gasteiger partial charge in [-0.3, -0.25) is 14.2 Å². The molecule has 1 fully saturated rings. The van der Waals surface area contributed by atoms with Crippen LogP contribution in [0.15, 0.2) is 10.3 Å². The zero-order valence-corrected chi connectivity index (χ0v) is 15.3. The Labute approximate surface area is 153 Å². The molecule has 11 heteroatoms. The van der Waals surface area contributed by atoms with Crippen molar-refractivity contribution >= 4 is 28.3 Å². The number of aromatic amines is 1. The zero-order chi connectivity index (χ0) is 18.5. The van der Waals surface area contributed by atoms with Crippen molar-refractivity contribution in [1.82, 2.24) is 29.9 Å². The lowest BCUT2D eigenvalue weighted by Crippen LogP contribution is -2.40. The molecule has 2 amide bonds. The van der Waals surface area contributed by atoms with E-state index in [4.69, 9.17) is 0 Å². The largest absolute Gasteiger partial charge is 0.343 e. The molecule has 2 aromatic rings. The molecule has 0 aliphatic carbocycles. The van der Waals surface area contributed by atoms with Crippen LogP contribution in [0.3, 0.4) is 0 Å². The number of amides is 2. The van der Waals surface area contributed by atoms with Gasteiger partial charge in [0.05, 0.1) is 0 Å². The number of nitrogens with zero attached hydrogens (tertiary/aromatic N) is 5. The van der Waals surface area contributed by atoms with Crippen molar-refractivity contribution in [3.05, 3.63) is 21.8 Å². The van der Waals surface area contributed by atoms with Gasteiger partial charge in [-0.25, -0.2) is 9.89 Å². The molecule has 1 saturated heterocycles. The lowest BCUT2D eigenvalue weighted by atomic mass is 9.96. The minimum absolute atomic E-state index is 0.0295. The van der Waals surface area contributed by atoms with Crippen LogP contribution < -0.4 is 11.0 Å². The molecule has 0 spiro atoms. The summed E-state index contributed by atoms with van der Waals surface area (Å²) in [6, 6.07) is 0. The molecule has 10 nitrogen and oxygen atoms in total. The Balaban J connectivity index is 1.54. The van der Waals surface area contributed by atoms with Crippen molar-refractivity contribution in [2.75, 3.05) is 18.4 Å². The van der Waals surface area contributed by atoms with E-state index in [0.29, 0.717) is 30.6 Å². The van der Waals surface area contributed by atoms with Crippen LogP contribution in [0.4, 0.5) is 5.13 Å². The first kappa shape index (κ1) is 18.2. The molecule has 140 valence electrons. The highest BCUT2D eigenvalue weighted by atomic mass is 32.1. The first-order chi connectivity index (χ1) is 12.6.